The van der Waals surface area contributed by atoms with Crippen LogP contribution in [-0.2, 0) is 0 Å². The predicted molar refractivity (Wildman–Crippen MR) is 104 cm³/mol. The van der Waals surface area contributed by atoms with E-state index in [9.17, 15) is 4.79 Å². The summed E-state index contributed by atoms with van der Waals surface area (Å²) in [6.07, 6.45) is 4.58. The molecule has 1 fully saturated rings. The number of hydrogen-bond donors (Lipinski definition) is 0. The van der Waals surface area contributed by atoms with Gasteiger partial charge in [0, 0.05) is 11.8 Å². The predicted octanol–water partition coefficient (Wildman–Crippen LogP) is 4.24. The van der Waals surface area contributed by atoms with Crippen LogP contribution in [0.2, 0.25) is 0 Å². The molecule has 0 saturated heterocycles. The smallest absolute Gasteiger partial charge is 0.267 e. The topological polar surface area (TPSA) is 47.2 Å². The third-order valence-electron chi connectivity index (χ3n) is 5.78. The van der Waals surface area contributed by atoms with Gasteiger partial charge in [-0.1, -0.05) is 54.8 Å². The SMILES string of the molecule is Cc1ccc(C2=Nn3c(nc4ccccc4c3=O)[C@@H]3CCCC[C@H]23)cc1. The van der Waals surface area contributed by atoms with Crippen LogP contribution < -0.4 is 5.56 Å². The summed E-state index contributed by atoms with van der Waals surface area (Å²) in [5, 5.41) is 5.47. The normalized spacial score (nSPS) is 21.8. The lowest BCUT2D eigenvalue weighted by Crippen LogP contribution is -2.37. The molecule has 1 aliphatic carbocycles. The molecule has 4 nitrogen and oxygen atoms in total. The van der Waals surface area contributed by atoms with Crippen molar-refractivity contribution in [3.63, 3.8) is 0 Å². The van der Waals surface area contributed by atoms with Crippen LogP contribution in [-0.4, -0.2) is 15.4 Å². The van der Waals surface area contributed by atoms with Gasteiger partial charge in [0.2, 0.25) is 0 Å². The molecule has 3 aromatic rings. The van der Waals surface area contributed by atoms with Crippen molar-refractivity contribution in [1.82, 2.24) is 9.66 Å². The van der Waals surface area contributed by atoms with E-state index in [0.717, 1.165) is 35.5 Å². The molecule has 0 unspecified atom stereocenters. The van der Waals surface area contributed by atoms with E-state index in [1.165, 1.54) is 18.4 Å². The van der Waals surface area contributed by atoms with Crippen molar-refractivity contribution in [2.45, 2.75) is 38.5 Å². The second-order valence-corrected chi connectivity index (χ2v) is 7.45. The molecule has 4 heteroatoms. The van der Waals surface area contributed by atoms with Crippen molar-refractivity contribution in [1.29, 1.82) is 0 Å². The van der Waals surface area contributed by atoms with Gasteiger partial charge in [0.15, 0.2) is 0 Å². The Balaban J connectivity index is 1.78. The van der Waals surface area contributed by atoms with E-state index >= 15 is 0 Å². The summed E-state index contributed by atoms with van der Waals surface area (Å²) < 4.78 is 1.57. The Morgan fingerprint density at radius 2 is 1.69 bits per heavy atom. The first-order chi connectivity index (χ1) is 12.7. The Bertz CT molecular complexity index is 1080. The maximum absolute atomic E-state index is 13.1. The largest absolute Gasteiger partial charge is 0.282 e. The fourth-order valence-corrected chi connectivity index (χ4v) is 4.42. The minimum atomic E-state index is -0.0563. The molecule has 2 aromatic carbocycles. The number of hydrogen-bond acceptors (Lipinski definition) is 3. The van der Waals surface area contributed by atoms with Gasteiger partial charge in [0.1, 0.15) is 5.82 Å². The van der Waals surface area contributed by atoms with E-state index in [1.54, 1.807) is 4.68 Å². The van der Waals surface area contributed by atoms with Gasteiger partial charge in [-0.05, 0) is 37.5 Å². The molecule has 130 valence electrons. The second kappa shape index (κ2) is 5.90. The zero-order valence-electron chi connectivity index (χ0n) is 14.9. The molecule has 1 saturated carbocycles. The summed E-state index contributed by atoms with van der Waals surface area (Å²) in [6, 6.07) is 16.1. The molecule has 1 aromatic heterocycles. The van der Waals surface area contributed by atoms with Crippen molar-refractivity contribution < 1.29 is 0 Å². The summed E-state index contributed by atoms with van der Waals surface area (Å²) in [6.45, 7) is 2.09. The fourth-order valence-electron chi connectivity index (χ4n) is 4.42. The zero-order chi connectivity index (χ0) is 17.7. The first kappa shape index (κ1) is 15.5. The third-order valence-corrected chi connectivity index (χ3v) is 5.78. The molecule has 2 aliphatic rings. The Labute approximate surface area is 152 Å². The highest BCUT2D eigenvalue weighted by molar-refractivity contribution is 6.03. The average molecular weight is 343 g/mol. The van der Waals surface area contributed by atoms with Crippen LogP contribution in [0.5, 0.6) is 0 Å². The Morgan fingerprint density at radius 3 is 2.50 bits per heavy atom. The number of fused-ring (bicyclic) bond motifs is 4. The van der Waals surface area contributed by atoms with Crippen molar-refractivity contribution >= 4 is 16.6 Å². The van der Waals surface area contributed by atoms with Crippen LogP contribution in [0, 0.1) is 12.8 Å². The number of aromatic nitrogens is 2. The van der Waals surface area contributed by atoms with Gasteiger partial charge in [-0.2, -0.15) is 9.78 Å². The van der Waals surface area contributed by atoms with Crippen LogP contribution in [0.4, 0.5) is 0 Å². The Kier molecular flexibility index (Phi) is 3.52. The number of benzene rings is 2. The van der Waals surface area contributed by atoms with Gasteiger partial charge in [-0.3, -0.25) is 4.79 Å². The quantitative estimate of drug-likeness (QED) is 0.663. The van der Waals surface area contributed by atoms with E-state index in [2.05, 4.69) is 31.2 Å². The van der Waals surface area contributed by atoms with E-state index in [-0.39, 0.29) is 11.5 Å². The van der Waals surface area contributed by atoms with E-state index in [1.807, 2.05) is 24.3 Å². The standard InChI is InChI=1S/C22H21N3O/c1-14-10-12-15(13-11-14)20-16-6-2-3-7-17(16)21-23-19-9-5-4-8-18(19)22(26)25(21)24-20/h4-5,8-13,16-17H,2-3,6-7H2,1H3/t16-,17+/m0/s1. The van der Waals surface area contributed by atoms with Crippen molar-refractivity contribution in [2.24, 2.45) is 11.0 Å². The maximum Gasteiger partial charge on any atom is 0.282 e. The van der Waals surface area contributed by atoms with Gasteiger partial charge in [0.05, 0.1) is 16.6 Å². The van der Waals surface area contributed by atoms with E-state index < -0.39 is 0 Å². The van der Waals surface area contributed by atoms with E-state index in [4.69, 9.17) is 10.1 Å². The van der Waals surface area contributed by atoms with Crippen LogP contribution in [0.15, 0.2) is 58.4 Å². The van der Waals surface area contributed by atoms with Crippen molar-refractivity contribution in [2.75, 3.05) is 0 Å². The maximum atomic E-state index is 13.1. The Hall–Kier alpha value is -2.75. The summed E-state index contributed by atoms with van der Waals surface area (Å²) in [5.41, 5.74) is 4.12. The molecular formula is C22H21N3O. The highest BCUT2D eigenvalue weighted by atomic mass is 16.1. The number of para-hydroxylation sites is 1. The lowest BCUT2D eigenvalue weighted by Gasteiger charge is -2.36. The van der Waals surface area contributed by atoms with Gasteiger partial charge < -0.3 is 0 Å². The summed E-state index contributed by atoms with van der Waals surface area (Å²) in [7, 11) is 0. The van der Waals surface area contributed by atoms with Gasteiger partial charge in [0.25, 0.3) is 5.56 Å². The molecule has 0 amide bonds. The number of nitrogens with zero attached hydrogens (tertiary/aromatic N) is 3. The molecule has 26 heavy (non-hydrogen) atoms. The average Bonchev–Trinajstić information content (AvgIpc) is 2.69. The molecule has 0 radical (unpaired) electrons. The number of aryl methyl sites for hydroxylation is 1. The minimum Gasteiger partial charge on any atom is -0.267 e. The fraction of sp³-hybridized carbons (Fsp3) is 0.318. The summed E-state index contributed by atoms with van der Waals surface area (Å²) in [5.74, 6) is 1.46. The van der Waals surface area contributed by atoms with Gasteiger partial charge in [-0.15, -0.1) is 0 Å². The molecule has 0 spiro atoms. The lowest BCUT2D eigenvalue weighted by atomic mass is 9.74. The number of rotatable bonds is 1. The van der Waals surface area contributed by atoms with Crippen LogP contribution >= 0.6 is 0 Å². The highest BCUT2D eigenvalue weighted by Gasteiger charge is 2.37. The molecule has 2 atom stereocenters. The van der Waals surface area contributed by atoms with E-state index in [0.29, 0.717) is 11.3 Å². The first-order valence-corrected chi connectivity index (χ1v) is 9.40. The second-order valence-electron chi connectivity index (χ2n) is 7.45. The minimum absolute atomic E-state index is 0.0563. The molecule has 5 rings (SSSR count). The highest BCUT2D eigenvalue weighted by Crippen LogP contribution is 2.41. The van der Waals surface area contributed by atoms with Crippen LogP contribution in [0.25, 0.3) is 10.9 Å². The lowest BCUT2D eigenvalue weighted by molar-refractivity contribution is 0.345. The first-order valence-electron chi connectivity index (χ1n) is 9.40. The molecular weight excluding hydrogens is 322 g/mol. The summed E-state index contributed by atoms with van der Waals surface area (Å²) >= 11 is 0. The van der Waals surface area contributed by atoms with Crippen LogP contribution in [0.3, 0.4) is 0 Å². The Morgan fingerprint density at radius 1 is 0.962 bits per heavy atom. The third kappa shape index (κ3) is 2.32. The van der Waals surface area contributed by atoms with Gasteiger partial charge >= 0.3 is 0 Å². The zero-order valence-corrected chi connectivity index (χ0v) is 14.9. The molecule has 0 N–H and O–H groups in total. The van der Waals surface area contributed by atoms with Crippen molar-refractivity contribution in [3.05, 3.63) is 75.8 Å². The van der Waals surface area contributed by atoms with Gasteiger partial charge in [-0.25, -0.2) is 4.98 Å². The monoisotopic (exact) mass is 343 g/mol. The van der Waals surface area contributed by atoms with Crippen molar-refractivity contribution in [3.8, 4) is 0 Å². The molecule has 0 bridgehead atoms. The molecule has 1 aliphatic heterocycles. The molecule has 2 heterocycles. The van der Waals surface area contributed by atoms with Crippen LogP contribution in [0.1, 0.15) is 48.6 Å². The summed E-state index contributed by atoms with van der Waals surface area (Å²) in [4.78, 5) is 18.0.